The molecular formula is C25H32N4O6. The van der Waals surface area contributed by atoms with Gasteiger partial charge in [-0.2, -0.15) is 0 Å². The zero-order valence-electron chi connectivity index (χ0n) is 19.7. The number of aliphatic carboxylic acids is 1. The number of aliphatic hydroxyl groups excluding tert-OH is 1. The molecule has 2 aromatic rings. The third-order valence-electron chi connectivity index (χ3n) is 5.34. The van der Waals surface area contributed by atoms with E-state index in [1.54, 1.807) is 30.3 Å². The van der Waals surface area contributed by atoms with Crippen LogP contribution in [0.5, 0.6) is 0 Å². The second-order valence-corrected chi connectivity index (χ2v) is 8.34. The van der Waals surface area contributed by atoms with E-state index in [0.29, 0.717) is 0 Å². The molecule has 35 heavy (non-hydrogen) atoms. The van der Waals surface area contributed by atoms with Gasteiger partial charge >= 0.3 is 5.97 Å². The molecule has 5 atom stereocenters. The Bertz CT molecular complexity index is 1000. The molecule has 0 saturated heterocycles. The zero-order valence-corrected chi connectivity index (χ0v) is 19.7. The highest BCUT2D eigenvalue weighted by atomic mass is 16.4. The number of benzene rings is 2. The average Bonchev–Trinajstić information content (AvgIpc) is 2.82. The Morgan fingerprint density at radius 1 is 0.771 bits per heavy atom. The van der Waals surface area contributed by atoms with E-state index in [-0.39, 0.29) is 12.8 Å². The minimum Gasteiger partial charge on any atom is -0.480 e. The zero-order chi connectivity index (χ0) is 26.0. The normalized spacial score (nSPS) is 15.1. The van der Waals surface area contributed by atoms with E-state index in [1.807, 2.05) is 30.3 Å². The van der Waals surface area contributed by atoms with Gasteiger partial charge in [0.05, 0.1) is 12.1 Å². The predicted molar refractivity (Wildman–Crippen MR) is 129 cm³/mol. The van der Waals surface area contributed by atoms with Crippen LogP contribution in [0.1, 0.15) is 25.0 Å². The molecule has 10 heteroatoms. The molecule has 2 rings (SSSR count). The molecule has 0 aliphatic heterocycles. The first-order valence-corrected chi connectivity index (χ1v) is 11.2. The average molecular weight is 485 g/mol. The first-order chi connectivity index (χ1) is 16.6. The van der Waals surface area contributed by atoms with Gasteiger partial charge in [0, 0.05) is 6.42 Å². The van der Waals surface area contributed by atoms with Gasteiger partial charge in [-0.15, -0.1) is 0 Å². The van der Waals surface area contributed by atoms with Crippen molar-refractivity contribution in [2.45, 2.75) is 57.0 Å². The highest BCUT2D eigenvalue weighted by Crippen LogP contribution is 2.07. The second kappa shape index (κ2) is 13.2. The molecule has 0 heterocycles. The molecule has 188 valence electrons. The summed E-state index contributed by atoms with van der Waals surface area (Å²) in [6.07, 6.45) is -0.993. The fraction of sp³-hybridized carbons (Fsp3) is 0.360. The third kappa shape index (κ3) is 8.84. The molecule has 0 spiro atoms. The smallest absolute Gasteiger partial charge is 0.325 e. The van der Waals surface area contributed by atoms with E-state index in [0.717, 1.165) is 11.1 Å². The van der Waals surface area contributed by atoms with Gasteiger partial charge in [0.25, 0.3) is 0 Å². The molecule has 10 nitrogen and oxygen atoms in total. The molecule has 7 N–H and O–H groups in total. The van der Waals surface area contributed by atoms with Crippen molar-refractivity contribution in [1.82, 2.24) is 16.0 Å². The summed E-state index contributed by atoms with van der Waals surface area (Å²) in [5.74, 6) is -3.39. The molecule has 5 unspecified atom stereocenters. The van der Waals surface area contributed by atoms with Crippen LogP contribution in [-0.2, 0) is 32.0 Å². The van der Waals surface area contributed by atoms with E-state index in [9.17, 15) is 24.3 Å². The highest BCUT2D eigenvalue weighted by Gasteiger charge is 2.32. The van der Waals surface area contributed by atoms with Gasteiger partial charge in [-0.1, -0.05) is 60.7 Å². The number of hydrogen-bond donors (Lipinski definition) is 6. The number of carbonyl (C=O) groups is 4. The van der Waals surface area contributed by atoms with Gasteiger partial charge in [-0.3, -0.25) is 19.2 Å². The Labute approximate surface area is 203 Å². The maximum absolute atomic E-state index is 13.0. The van der Waals surface area contributed by atoms with Crippen LogP contribution in [0.15, 0.2) is 60.7 Å². The number of hydrogen-bond acceptors (Lipinski definition) is 6. The molecule has 0 fully saturated rings. The van der Waals surface area contributed by atoms with Crippen LogP contribution >= 0.6 is 0 Å². The molecule has 3 amide bonds. The minimum absolute atomic E-state index is 0.0682. The maximum atomic E-state index is 13.0. The van der Waals surface area contributed by atoms with Gasteiger partial charge in [0.15, 0.2) is 0 Å². The number of carboxylic acid groups (broad SMARTS) is 1. The van der Waals surface area contributed by atoms with E-state index < -0.39 is 54.0 Å². The second-order valence-electron chi connectivity index (χ2n) is 8.34. The lowest BCUT2D eigenvalue weighted by atomic mass is 10.0. The minimum atomic E-state index is -1.38. The number of carbonyl (C=O) groups excluding carboxylic acids is 3. The van der Waals surface area contributed by atoms with Crippen molar-refractivity contribution in [3.05, 3.63) is 71.8 Å². The standard InChI is InChI=1S/C25H32N4O6/c1-15(25(34)35)27-23(32)20(14-18-11-7-4-8-12-18)28-24(33)21(16(2)30)29-22(31)19(26)13-17-9-5-3-6-10-17/h3-12,15-16,19-21,30H,13-14,26H2,1-2H3,(H,27,32)(H,28,33)(H,29,31)(H,34,35). The van der Waals surface area contributed by atoms with E-state index in [2.05, 4.69) is 16.0 Å². The SMILES string of the molecule is CC(NC(=O)C(Cc1ccccc1)NC(=O)C(NC(=O)C(N)Cc1ccccc1)C(C)O)C(=O)O. The summed E-state index contributed by atoms with van der Waals surface area (Å²) in [5.41, 5.74) is 7.54. The Morgan fingerprint density at radius 2 is 1.29 bits per heavy atom. The number of amides is 3. The van der Waals surface area contributed by atoms with Crippen LogP contribution < -0.4 is 21.7 Å². The fourth-order valence-electron chi connectivity index (χ4n) is 3.32. The summed E-state index contributed by atoms with van der Waals surface area (Å²) < 4.78 is 0. The summed E-state index contributed by atoms with van der Waals surface area (Å²) in [4.78, 5) is 49.6. The van der Waals surface area contributed by atoms with Gasteiger partial charge in [-0.05, 0) is 31.4 Å². The van der Waals surface area contributed by atoms with Crippen LogP contribution in [0.3, 0.4) is 0 Å². The molecule has 0 aliphatic carbocycles. The van der Waals surface area contributed by atoms with Crippen molar-refractivity contribution in [3.8, 4) is 0 Å². The Balaban J connectivity index is 2.12. The van der Waals surface area contributed by atoms with Crippen LogP contribution in [0, 0.1) is 0 Å². The van der Waals surface area contributed by atoms with E-state index in [1.165, 1.54) is 13.8 Å². The molecule has 0 bridgehead atoms. The van der Waals surface area contributed by atoms with Crippen molar-refractivity contribution in [2.75, 3.05) is 0 Å². The van der Waals surface area contributed by atoms with Gasteiger partial charge < -0.3 is 31.9 Å². The lowest BCUT2D eigenvalue weighted by Crippen LogP contribution is -2.60. The fourth-order valence-corrected chi connectivity index (χ4v) is 3.32. The number of rotatable bonds is 12. The number of nitrogens with two attached hydrogens (primary N) is 1. The maximum Gasteiger partial charge on any atom is 0.325 e. The lowest BCUT2D eigenvalue weighted by molar-refractivity contribution is -0.142. The highest BCUT2D eigenvalue weighted by molar-refractivity contribution is 5.94. The molecule has 0 aliphatic rings. The first kappa shape index (κ1) is 27.5. The van der Waals surface area contributed by atoms with Crippen molar-refractivity contribution in [3.63, 3.8) is 0 Å². The molecule has 0 aromatic heterocycles. The Hall–Kier alpha value is -3.76. The van der Waals surface area contributed by atoms with Crippen LogP contribution in [0.25, 0.3) is 0 Å². The van der Waals surface area contributed by atoms with Crippen LogP contribution in [0.4, 0.5) is 0 Å². The summed E-state index contributed by atoms with van der Waals surface area (Å²) in [5, 5.41) is 26.6. The van der Waals surface area contributed by atoms with Gasteiger partial charge in [-0.25, -0.2) is 0 Å². The largest absolute Gasteiger partial charge is 0.480 e. The summed E-state index contributed by atoms with van der Waals surface area (Å²) >= 11 is 0. The topological polar surface area (TPSA) is 171 Å². The summed E-state index contributed by atoms with van der Waals surface area (Å²) in [6.45, 7) is 2.63. The van der Waals surface area contributed by atoms with Gasteiger partial charge in [0.1, 0.15) is 18.1 Å². The molecule has 0 radical (unpaired) electrons. The predicted octanol–water partition coefficient (Wildman–Crippen LogP) is -0.261. The first-order valence-electron chi connectivity index (χ1n) is 11.2. The van der Waals surface area contributed by atoms with E-state index >= 15 is 0 Å². The molecule has 0 saturated carbocycles. The summed E-state index contributed by atoms with van der Waals surface area (Å²) in [6, 6.07) is 13.2. The van der Waals surface area contributed by atoms with E-state index in [4.69, 9.17) is 10.8 Å². The van der Waals surface area contributed by atoms with Gasteiger partial charge in [0.2, 0.25) is 17.7 Å². The quantitative estimate of drug-likeness (QED) is 0.241. The van der Waals surface area contributed by atoms with Crippen molar-refractivity contribution in [2.24, 2.45) is 5.73 Å². The van der Waals surface area contributed by atoms with Crippen molar-refractivity contribution < 1.29 is 29.4 Å². The monoisotopic (exact) mass is 484 g/mol. The van der Waals surface area contributed by atoms with Crippen molar-refractivity contribution in [1.29, 1.82) is 0 Å². The summed E-state index contributed by atoms with van der Waals surface area (Å²) in [7, 11) is 0. The third-order valence-corrected chi connectivity index (χ3v) is 5.34. The number of nitrogens with one attached hydrogen (secondary N) is 3. The van der Waals surface area contributed by atoms with Crippen molar-refractivity contribution >= 4 is 23.7 Å². The molecule has 2 aromatic carbocycles. The van der Waals surface area contributed by atoms with Crippen LogP contribution in [-0.4, -0.2) is 64.2 Å². The number of carboxylic acids is 1. The molecular weight excluding hydrogens is 452 g/mol. The Kier molecular flexibility index (Phi) is 10.4. The Morgan fingerprint density at radius 3 is 1.77 bits per heavy atom. The lowest BCUT2D eigenvalue weighted by Gasteiger charge is -2.26. The number of aliphatic hydroxyl groups is 1. The van der Waals surface area contributed by atoms with Crippen LogP contribution in [0.2, 0.25) is 0 Å².